The average Bonchev–Trinajstić information content (AvgIpc) is 3.55. The Hall–Kier alpha value is -5.96. The molecular weight excluding hydrogens is 599 g/mol. The Morgan fingerprint density at radius 1 is 0.312 bits per heavy atom. The first-order chi connectivity index (χ1) is 23.8. The third-order valence-electron chi connectivity index (χ3n) is 9.27. The van der Waals surface area contributed by atoms with Crippen molar-refractivity contribution in [3.8, 4) is 33.4 Å². The van der Waals surface area contributed by atoms with E-state index in [-0.39, 0.29) is 0 Å². The Bertz CT molecular complexity index is 2540. The fourth-order valence-electron chi connectivity index (χ4n) is 6.99. The maximum atomic E-state index is 2.35. The van der Waals surface area contributed by atoms with Gasteiger partial charge in [0.1, 0.15) is 0 Å². The van der Waals surface area contributed by atoms with Crippen LogP contribution in [0.25, 0.3) is 64.3 Å². The first-order valence-electron chi connectivity index (χ1n) is 16.4. The Labute approximate surface area is 284 Å². The van der Waals surface area contributed by atoms with E-state index in [1.54, 1.807) is 0 Å². The van der Waals surface area contributed by atoms with Gasteiger partial charge in [0.15, 0.2) is 0 Å². The van der Waals surface area contributed by atoms with Crippen LogP contribution in [0.5, 0.6) is 0 Å². The van der Waals surface area contributed by atoms with E-state index >= 15 is 0 Å². The van der Waals surface area contributed by atoms with Crippen LogP contribution in [-0.4, -0.2) is 0 Å². The van der Waals surface area contributed by atoms with E-state index in [2.05, 4.69) is 193 Å². The molecular formula is C46H31NS. The highest BCUT2D eigenvalue weighted by atomic mass is 32.1. The van der Waals surface area contributed by atoms with Gasteiger partial charge < -0.3 is 4.90 Å². The van der Waals surface area contributed by atoms with Crippen LogP contribution in [0.3, 0.4) is 0 Å². The van der Waals surface area contributed by atoms with Gasteiger partial charge in [-0.05, 0) is 75.0 Å². The summed E-state index contributed by atoms with van der Waals surface area (Å²) in [5.41, 5.74) is 10.8. The normalized spacial score (nSPS) is 11.3. The van der Waals surface area contributed by atoms with Crippen molar-refractivity contribution in [2.45, 2.75) is 0 Å². The molecule has 0 amide bonds. The summed E-state index contributed by atoms with van der Waals surface area (Å²) in [7, 11) is 0. The molecule has 0 unspecified atom stereocenters. The summed E-state index contributed by atoms with van der Waals surface area (Å²) in [6.07, 6.45) is 0. The number of rotatable bonds is 6. The van der Waals surface area contributed by atoms with Crippen LogP contribution < -0.4 is 4.90 Å². The first kappa shape index (κ1) is 28.3. The van der Waals surface area contributed by atoms with E-state index in [1.165, 1.54) is 64.3 Å². The third kappa shape index (κ3) is 4.95. The minimum absolute atomic E-state index is 1.12. The van der Waals surface area contributed by atoms with Crippen molar-refractivity contribution in [2.24, 2.45) is 0 Å². The molecule has 2 heteroatoms. The summed E-state index contributed by atoms with van der Waals surface area (Å²) in [5.74, 6) is 0. The maximum Gasteiger partial charge on any atom is 0.0467 e. The van der Waals surface area contributed by atoms with Crippen LogP contribution >= 0.6 is 11.3 Å². The summed E-state index contributed by atoms with van der Waals surface area (Å²) in [4.78, 5) is 2.35. The number of benzene rings is 8. The smallest absolute Gasteiger partial charge is 0.0467 e. The van der Waals surface area contributed by atoms with Gasteiger partial charge >= 0.3 is 0 Å². The lowest BCUT2D eigenvalue weighted by Gasteiger charge is -2.26. The van der Waals surface area contributed by atoms with Crippen molar-refractivity contribution < 1.29 is 0 Å². The van der Waals surface area contributed by atoms with Gasteiger partial charge in [-0.3, -0.25) is 0 Å². The monoisotopic (exact) mass is 629 g/mol. The number of hydrogen-bond acceptors (Lipinski definition) is 2. The number of hydrogen-bond donors (Lipinski definition) is 0. The van der Waals surface area contributed by atoms with Gasteiger partial charge in [0.05, 0.1) is 0 Å². The summed E-state index contributed by atoms with van der Waals surface area (Å²) < 4.78 is 2.65. The summed E-state index contributed by atoms with van der Waals surface area (Å²) in [5, 5.41) is 5.17. The van der Waals surface area contributed by atoms with E-state index in [9.17, 15) is 0 Å². The molecule has 0 aliphatic rings. The average molecular weight is 630 g/mol. The largest absolute Gasteiger partial charge is 0.310 e. The van der Waals surface area contributed by atoms with E-state index in [0.717, 1.165) is 17.1 Å². The van der Waals surface area contributed by atoms with E-state index in [0.29, 0.717) is 0 Å². The van der Waals surface area contributed by atoms with Crippen molar-refractivity contribution in [3.05, 3.63) is 188 Å². The Kier molecular flexibility index (Phi) is 7.07. The first-order valence-corrected chi connectivity index (χ1v) is 17.2. The van der Waals surface area contributed by atoms with Gasteiger partial charge in [0.2, 0.25) is 0 Å². The summed E-state index contributed by atoms with van der Waals surface area (Å²) in [6.45, 7) is 0. The van der Waals surface area contributed by atoms with E-state index in [4.69, 9.17) is 0 Å². The molecule has 1 aromatic heterocycles. The molecule has 48 heavy (non-hydrogen) atoms. The standard InChI is InChI=1S/C46H31NS/c1-3-13-32(14-4-1)33-27-29-37(30-28-33)47(36-18-5-2-6-19-36)38-20-9-17-35(31-38)40-22-11-25-43-44-26-12-24-42(46(44)48-45(40)43)41-23-10-16-34-15-7-8-21-39(34)41/h1-31H. The minimum atomic E-state index is 1.12. The zero-order valence-corrected chi connectivity index (χ0v) is 27.1. The topological polar surface area (TPSA) is 3.24 Å². The van der Waals surface area contributed by atoms with Crippen molar-refractivity contribution in [1.82, 2.24) is 0 Å². The molecule has 0 fully saturated rings. The SMILES string of the molecule is c1ccc(-c2ccc(N(c3ccccc3)c3cccc(-c4cccc5c4sc4c(-c6cccc7ccccc67)cccc45)c3)cc2)cc1. The molecule has 0 radical (unpaired) electrons. The van der Waals surface area contributed by atoms with E-state index < -0.39 is 0 Å². The predicted octanol–water partition coefficient (Wildman–Crippen LogP) is 13.7. The van der Waals surface area contributed by atoms with Crippen LogP contribution in [-0.2, 0) is 0 Å². The molecule has 0 aliphatic carbocycles. The second-order valence-electron chi connectivity index (χ2n) is 12.1. The predicted molar refractivity (Wildman–Crippen MR) is 208 cm³/mol. The molecule has 1 heterocycles. The van der Waals surface area contributed by atoms with Gasteiger partial charge in [-0.15, -0.1) is 11.3 Å². The molecule has 0 saturated heterocycles. The molecule has 0 atom stereocenters. The van der Waals surface area contributed by atoms with Crippen molar-refractivity contribution in [1.29, 1.82) is 0 Å². The molecule has 9 aromatic rings. The minimum Gasteiger partial charge on any atom is -0.310 e. The summed E-state index contributed by atoms with van der Waals surface area (Å²) >= 11 is 1.91. The fourth-order valence-corrected chi connectivity index (χ4v) is 8.35. The molecule has 9 rings (SSSR count). The molecule has 0 bridgehead atoms. The van der Waals surface area contributed by atoms with Crippen LogP contribution in [0, 0.1) is 0 Å². The van der Waals surface area contributed by atoms with Gasteiger partial charge in [0.25, 0.3) is 0 Å². The second kappa shape index (κ2) is 12.0. The highest BCUT2D eigenvalue weighted by molar-refractivity contribution is 7.26. The molecule has 8 aromatic carbocycles. The maximum absolute atomic E-state index is 2.35. The van der Waals surface area contributed by atoms with Gasteiger partial charge in [-0.25, -0.2) is 0 Å². The van der Waals surface area contributed by atoms with Crippen LogP contribution in [0.4, 0.5) is 17.1 Å². The quantitative estimate of drug-likeness (QED) is 0.177. The molecule has 0 spiro atoms. The fraction of sp³-hybridized carbons (Fsp3) is 0. The van der Waals surface area contributed by atoms with Crippen LogP contribution in [0.1, 0.15) is 0 Å². The lowest BCUT2D eigenvalue weighted by molar-refractivity contribution is 1.28. The van der Waals surface area contributed by atoms with Crippen molar-refractivity contribution >= 4 is 59.3 Å². The van der Waals surface area contributed by atoms with Crippen LogP contribution in [0.2, 0.25) is 0 Å². The second-order valence-corrected chi connectivity index (χ2v) is 13.1. The van der Waals surface area contributed by atoms with Crippen molar-refractivity contribution in [2.75, 3.05) is 4.90 Å². The van der Waals surface area contributed by atoms with Crippen LogP contribution in [0.15, 0.2) is 188 Å². The summed E-state index contributed by atoms with van der Waals surface area (Å²) in [6, 6.07) is 67.9. The Morgan fingerprint density at radius 2 is 0.812 bits per heavy atom. The highest BCUT2D eigenvalue weighted by Gasteiger charge is 2.17. The lowest BCUT2D eigenvalue weighted by atomic mass is 9.96. The molecule has 0 N–H and O–H groups in total. The zero-order chi connectivity index (χ0) is 31.9. The van der Waals surface area contributed by atoms with Gasteiger partial charge in [0, 0.05) is 42.8 Å². The molecule has 226 valence electrons. The Balaban J connectivity index is 1.17. The number of thiophene rings is 1. The number of para-hydroxylation sites is 1. The number of anilines is 3. The lowest BCUT2D eigenvalue weighted by Crippen LogP contribution is -2.09. The molecule has 0 aliphatic heterocycles. The molecule has 1 nitrogen and oxygen atoms in total. The zero-order valence-electron chi connectivity index (χ0n) is 26.3. The molecule has 0 saturated carbocycles. The third-order valence-corrected chi connectivity index (χ3v) is 10.6. The highest BCUT2D eigenvalue weighted by Crippen LogP contribution is 2.46. The van der Waals surface area contributed by atoms with E-state index in [1.807, 2.05) is 11.3 Å². The van der Waals surface area contributed by atoms with Gasteiger partial charge in [-0.2, -0.15) is 0 Å². The Morgan fingerprint density at radius 3 is 1.60 bits per heavy atom. The van der Waals surface area contributed by atoms with Crippen molar-refractivity contribution in [3.63, 3.8) is 0 Å². The van der Waals surface area contributed by atoms with Gasteiger partial charge in [-0.1, -0.05) is 152 Å². The number of nitrogens with zero attached hydrogens (tertiary/aromatic N) is 1. The number of fused-ring (bicyclic) bond motifs is 4.